The van der Waals surface area contributed by atoms with Crippen molar-refractivity contribution in [2.45, 2.75) is 38.8 Å². The zero-order valence-corrected chi connectivity index (χ0v) is 9.53. The summed E-state index contributed by atoms with van der Waals surface area (Å²) in [6, 6.07) is -0.579. The van der Waals surface area contributed by atoms with Crippen LogP contribution in [-0.2, 0) is 14.4 Å². The summed E-state index contributed by atoms with van der Waals surface area (Å²) in [5.41, 5.74) is 0. The van der Waals surface area contributed by atoms with Gasteiger partial charge in [0.1, 0.15) is 6.29 Å². The number of hydrogen-bond acceptors (Lipinski definition) is 4. The SMILES string of the molecule is CC(=O)NC[C@@H](O)CC[C@H](C=O)NC(C)=O. The molecule has 0 aliphatic carbocycles. The molecule has 0 saturated carbocycles. The molecule has 0 aromatic carbocycles. The molecule has 0 aromatic heterocycles. The van der Waals surface area contributed by atoms with Gasteiger partial charge in [-0.05, 0) is 12.8 Å². The molecule has 0 aliphatic rings. The highest BCUT2D eigenvalue weighted by Gasteiger charge is 2.12. The minimum absolute atomic E-state index is 0.154. The molecule has 0 aliphatic heterocycles. The van der Waals surface area contributed by atoms with Crippen molar-refractivity contribution in [2.75, 3.05) is 6.54 Å². The highest BCUT2D eigenvalue weighted by atomic mass is 16.3. The van der Waals surface area contributed by atoms with Gasteiger partial charge in [0.15, 0.2) is 0 Å². The maximum atomic E-state index is 10.7. The Balaban J connectivity index is 3.78. The quantitative estimate of drug-likeness (QED) is 0.487. The molecule has 92 valence electrons. The lowest BCUT2D eigenvalue weighted by Crippen LogP contribution is -2.36. The van der Waals surface area contributed by atoms with Crippen molar-refractivity contribution in [1.82, 2.24) is 10.6 Å². The smallest absolute Gasteiger partial charge is 0.217 e. The van der Waals surface area contributed by atoms with Crippen LogP contribution in [0.1, 0.15) is 26.7 Å². The Morgan fingerprint density at radius 3 is 2.31 bits per heavy atom. The van der Waals surface area contributed by atoms with E-state index in [0.29, 0.717) is 19.1 Å². The zero-order valence-electron chi connectivity index (χ0n) is 9.53. The molecule has 0 radical (unpaired) electrons. The van der Waals surface area contributed by atoms with Crippen LogP contribution in [0.4, 0.5) is 0 Å². The fourth-order valence-corrected chi connectivity index (χ4v) is 1.17. The lowest BCUT2D eigenvalue weighted by Gasteiger charge is -2.14. The Bertz CT molecular complexity index is 255. The van der Waals surface area contributed by atoms with Crippen molar-refractivity contribution in [2.24, 2.45) is 0 Å². The summed E-state index contributed by atoms with van der Waals surface area (Å²) < 4.78 is 0. The number of aliphatic hydroxyl groups is 1. The van der Waals surface area contributed by atoms with Crippen LogP contribution in [-0.4, -0.2) is 41.9 Å². The number of rotatable bonds is 7. The molecule has 0 rings (SSSR count). The van der Waals surface area contributed by atoms with E-state index < -0.39 is 12.1 Å². The molecule has 0 spiro atoms. The summed E-state index contributed by atoms with van der Waals surface area (Å²) in [5.74, 6) is -0.499. The Morgan fingerprint density at radius 1 is 1.25 bits per heavy atom. The molecule has 6 nitrogen and oxygen atoms in total. The van der Waals surface area contributed by atoms with Gasteiger partial charge in [0.25, 0.3) is 0 Å². The summed E-state index contributed by atoms with van der Waals surface area (Å²) in [6.07, 6.45) is 0.612. The molecule has 6 heteroatoms. The molecule has 0 bridgehead atoms. The Morgan fingerprint density at radius 2 is 1.88 bits per heavy atom. The average molecular weight is 230 g/mol. The van der Waals surface area contributed by atoms with Gasteiger partial charge in [-0.25, -0.2) is 0 Å². The minimum Gasteiger partial charge on any atom is -0.391 e. The number of hydrogen-bond donors (Lipinski definition) is 3. The Labute approximate surface area is 94.4 Å². The van der Waals surface area contributed by atoms with Crippen molar-refractivity contribution < 1.29 is 19.5 Å². The number of carbonyl (C=O) groups is 3. The van der Waals surface area contributed by atoms with E-state index in [2.05, 4.69) is 10.6 Å². The molecule has 0 heterocycles. The predicted molar refractivity (Wildman–Crippen MR) is 57.6 cm³/mol. The molecule has 0 unspecified atom stereocenters. The Hall–Kier alpha value is -1.43. The number of aliphatic hydroxyl groups excluding tert-OH is 1. The average Bonchev–Trinajstić information content (AvgIpc) is 2.20. The Kier molecular flexibility index (Phi) is 7.11. The highest BCUT2D eigenvalue weighted by molar-refractivity contribution is 5.77. The van der Waals surface area contributed by atoms with Crippen molar-refractivity contribution in [3.05, 3.63) is 0 Å². The van der Waals surface area contributed by atoms with Gasteiger partial charge in [0, 0.05) is 20.4 Å². The molecular formula is C10H18N2O4. The lowest BCUT2D eigenvalue weighted by atomic mass is 10.1. The third kappa shape index (κ3) is 7.93. The molecule has 2 amide bonds. The number of amides is 2. The predicted octanol–water partition coefficient (Wildman–Crippen LogP) is -1.03. The standard InChI is InChI=1S/C10H18N2O4/c1-7(14)11-5-10(16)4-3-9(6-13)12-8(2)15/h6,9-10,16H,3-5H2,1-2H3,(H,11,14)(H,12,15)/t9-,10+/m1/s1. The fraction of sp³-hybridized carbons (Fsp3) is 0.700. The summed E-state index contributed by atoms with van der Waals surface area (Å²) in [5, 5.41) is 14.3. The second kappa shape index (κ2) is 7.81. The van der Waals surface area contributed by atoms with Gasteiger partial charge in [-0.1, -0.05) is 0 Å². The van der Waals surface area contributed by atoms with E-state index in [-0.39, 0.29) is 18.4 Å². The first-order valence-electron chi connectivity index (χ1n) is 5.10. The second-order valence-corrected chi connectivity index (χ2v) is 3.61. The van der Waals surface area contributed by atoms with Gasteiger partial charge >= 0.3 is 0 Å². The van der Waals surface area contributed by atoms with E-state index >= 15 is 0 Å². The molecule has 0 aromatic rings. The van der Waals surface area contributed by atoms with Crippen LogP contribution in [0.2, 0.25) is 0 Å². The van der Waals surface area contributed by atoms with Gasteiger partial charge in [0.05, 0.1) is 12.1 Å². The van der Waals surface area contributed by atoms with Crippen molar-refractivity contribution in [1.29, 1.82) is 0 Å². The summed E-state index contributed by atoms with van der Waals surface area (Å²) in [6.45, 7) is 2.84. The topological polar surface area (TPSA) is 95.5 Å². The number of nitrogens with one attached hydrogen (secondary N) is 2. The third-order valence-electron chi connectivity index (χ3n) is 1.95. The van der Waals surface area contributed by atoms with Crippen LogP contribution < -0.4 is 10.6 Å². The highest BCUT2D eigenvalue weighted by Crippen LogP contribution is 1.99. The van der Waals surface area contributed by atoms with Crippen LogP contribution in [0.25, 0.3) is 0 Å². The first kappa shape index (κ1) is 14.6. The fourth-order valence-electron chi connectivity index (χ4n) is 1.17. The molecule has 0 fully saturated rings. The first-order chi connectivity index (χ1) is 7.45. The van der Waals surface area contributed by atoms with Crippen LogP contribution in [0.3, 0.4) is 0 Å². The van der Waals surface area contributed by atoms with E-state index in [1.54, 1.807) is 0 Å². The van der Waals surface area contributed by atoms with Gasteiger partial charge in [-0.15, -0.1) is 0 Å². The minimum atomic E-state index is -0.708. The normalized spacial score (nSPS) is 13.7. The van der Waals surface area contributed by atoms with Crippen molar-refractivity contribution in [3.63, 3.8) is 0 Å². The first-order valence-corrected chi connectivity index (χ1v) is 5.10. The van der Waals surface area contributed by atoms with E-state index in [1.165, 1.54) is 13.8 Å². The van der Waals surface area contributed by atoms with E-state index in [1.807, 2.05) is 0 Å². The summed E-state index contributed by atoms with van der Waals surface area (Å²) in [7, 11) is 0. The molecule has 0 saturated heterocycles. The van der Waals surface area contributed by atoms with E-state index in [9.17, 15) is 19.5 Å². The van der Waals surface area contributed by atoms with Gasteiger partial charge in [-0.3, -0.25) is 9.59 Å². The van der Waals surface area contributed by atoms with Gasteiger partial charge in [0.2, 0.25) is 11.8 Å². The largest absolute Gasteiger partial charge is 0.391 e. The molecule has 16 heavy (non-hydrogen) atoms. The summed E-state index contributed by atoms with van der Waals surface area (Å²) in [4.78, 5) is 31.8. The maximum Gasteiger partial charge on any atom is 0.217 e. The van der Waals surface area contributed by atoms with Crippen LogP contribution in [0, 0.1) is 0 Å². The van der Waals surface area contributed by atoms with E-state index in [4.69, 9.17) is 0 Å². The van der Waals surface area contributed by atoms with Crippen LogP contribution >= 0.6 is 0 Å². The van der Waals surface area contributed by atoms with Crippen molar-refractivity contribution >= 4 is 18.1 Å². The number of aldehydes is 1. The van der Waals surface area contributed by atoms with Gasteiger partial charge < -0.3 is 20.5 Å². The number of carbonyl (C=O) groups excluding carboxylic acids is 3. The molecular weight excluding hydrogens is 212 g/mol. The van der Waals surface area contributed by atoms with Crippen molar-refractivity contribution in [3.8, 4) is 0 Å². The summed E-state index contributed by atoms with van der Waals surface area (Å²) >= 11 is 0. The monoisotopic (exact) mass is 230 g/mol. The molecule has 3 N–H and O–H groups in total. The second-order valence-electron chi connectivity index (χ2n) is 3.61. The van der Waals surface area contributed by atoms with Crippen LogP contribution in [0.15, 0.2) is 0 Å². The zero-order chi connectivity index (χ0) is 12.6. The van der Waals surface area contributed by atoms with E-state index in [0.717, 1.165) is 0 Å². The van der Waals surface area contributed by atoms with Gasteiger partial charge in [-0.2, -0.15) is 0 Å². The molecule has 2 atom stereocenters. The lowest BCUT2D eigenvalue weighted by molar-refractivity contribution is -0.122. The maximum absolute atomic E-state index is 10.7. The van der Waals surface area contributed by atoms with Crippen LogP contribution in [0.5, 0.6) is 0 Å². The third-order valence-corrected chi connectivity index (χ3v) is 1.95.